The predicted molar refractivity (Wildman–Crippen MR) is 102 cm³/mol. The number of hydrogen-bond acceptors (Lipinski definition) is 3. The van der Waals surface area contributed by atoms with E-state index in [0.29, 0.717) is 12.2 Å². The van der Waals surface area contributed by atoms with E-state index < -0.39 is 0 Å². The lowest BCUT2D eigenvalue weighted by atomic mass is 10.2. The molecule has 1 aromatic heterocycles. The van der Waals surface area contributed by atoms with Crippen LogP contribution in [0.25, 0.3) is 0 Å². The quantitative estimate of drug-likeness (QED) is 0.729. The number of benzene rings is 2. The van der Waals surface area contributed by atoms with Crippen molar-refractivity contribution in [1.82, 2.24) is 4.98 Å². The number of pyridine rings is 1. The normalized spacial score (nSPS) is 10.3. The van der Waals surface area contributed by atoms with Crippen LogP contribution in [0, 0.1) is 0 Å². The van der Waals surface area contributed by atoms with E-state index in [1.807, 2.05) is 60.7 Å². The number of carbonyl (C=O) groups is 1. The molecule has 0 unspecified atom stereocenters. The fourth-order valence-corrected chi connectivity index (χ4v) is 2.50. The Morgan fingerprint density at radius 1 is 1.04 bits per heavy atom. The molecule has 4 nitrogen and oxygen atoms in total. The molecule has 25 heavy (non-hydrogen) atoms. The lowest BCUT2D eigenvalue weighted by Crippen LogP contribution is -2.26. The number of aromatic nitrogens is 1. The summed E-state index contributed by atoms with van der Waals surface area (Å²) in [5.74, 6) is -0.143. The van der Waals surface area contributed by atoms with Crippen LogP contribution in [0.4, 0.5) is 11.4 Å². The maximum Gasteiger partial charge on any atom is 0.276 e. The second kappa shape index (κ2) is 7.81. The van der Waals surface area contributed by atoms with E-state index in [4.69, 9.17) is 11.6 Å². The first kappa shape index (κ1) is 17.0. The molecule has 0 saturated carbocycles. The van der Waals surface area contributed by atoms with Crippen molar-refractivity contribution in [2.24, 2.45) is 0 Å². The SMILES string of the molecule is CN(C(=O)c1ccc(NCc2ccc(Cl)cc2)cn1)c1ccccc1. The fraction of sp³-hybridized carbons (Fsp3) is 0.100. The molecule has 1 amide bonds. The van der Waals surface area contributed by atoms with Crippen molar-refractivity contribution < 1.29 is 4.79 Å². The number of rotatable bonds is 5. The summed E-state index contributed by atoms with van der Waals surface area (Å²) in [6.07, 6.45) is 1.67. The Labute approximate surface area is 152 Å². The zero-order valence-corrected chi connectivity index (χ0v) is 14.6. The number of nitrogens with one attached hydrogen (secondary N) is 1. The molecular weight excluding hydrogens is 334 g/mol. The molecule has 3 rings (SSSR count). The van der Waals surface area contributed by atoms with Gasteiger partial charge in [-0.1, -0.05) is 41.9 Å². The van der Waals surface area contributed by atoms with Gasteiger partial charge in [0.2, 0.25) is 0 Å². The molecule has 0 saturated heterocycles. The topological polar surface area (TPSA) is 45.2 Å². The van der Waals surface area contributed by atoms with Gasteiger partial charge in [0, 0.05) is 24.3 Å². The fourth-order valence-electron chi connectivity index (χ4n) is 2.37. The van der Waals surface area contributed by atoms with Gasteiger partial charge in [0.05, 0.1) is 11.9 Å². The van der Waals surface area contributed by atoms with Gasteiger partial charge in [-0.2, -0.15) is 0 Å². The number of amides is 1. The standard InChI is InChI=1S/C20H18ClN3O/c1-24(18-5-3-2-4-6-18)20(25)19-12-11-17(14-23-19)22-13-15-7-9-16(21)10-8-15/h2-12,14,22H,13H2,1H3. The maximum atomic E-state index is 12.5. The van der Waals surface area contributed by atoms with Gasteiger partial charge in [-0.3, -0.25) is 4.79 Å². The van der Waals surface area contributed by atoms with Crippen LogP contribution in [0.3, 0.4) is 0 Å². The number of para-hydroxylation sites is 1. The van der Waals surface area contributed by atoms with Crippen LogP contribution in [-0.4, -0.2) is 17.9 Å². The highest BCUT2D eigenvalue weighted by molar-refractivity contribution is 6.30. The molecule has 3 aromatic rings. The lowest BCUT2D eigenvalue weighted by Gasteiger charge is -2.16. The highest BCUT2D eigenvalue weighted by Crippen LogP contribution is 2.16. The summed E-state index contributed by atoms with van der Waals surface area (Å²) in [6, 6.07) is 20.7. The van der Waals surface area contributed by atoms with E-state index in [9.17, 15) is 4.79 Å². The third-order valence-corrected chi connectivity index (χ3v) is 4.09. The summed E-state index contributed by atoms with van der Waals surface area (Å²) >= 11 is 5.88. The second-order valence-electron chi connectivity index (χ2n) is 5.61. The van der Waals surface area contributed by atoms with Gasteiger partial charge in [0.25, 0.3) is 5.91 Å². The molecule has 5 heteroatoms. The molecule has 0 aliphatic heterocycles. The molecule has 0 aliphatic carbocycles. The van der Waals surface area contributed by atoms with Crippen LogP contribution in [0.5, 0.6) is 0 Å². The van der Waals surface area contributed by atoms with Crippen molar-refractivity contribution in [1.29, 1.82) is 0 Å². The van der Waals surface area contributed by atoms with Gasteiger partial charge in [-0.15, -0.1) is 0 Å². The van der Waals surface area contributed by atoms with Crippen molar-refractivity contribution in [2.45, 2.75) is 6.54 Å². The maximum absolute atomic E-state index is 12.5. The van der Waals surface area contributed by atoms with E-state index in [1.165, 1.54) is 0 Å². The number of hydrogen-bond donors (Lipinski definition) is 1. The van der Waals surface area contributed by atoms with Crippen molar-refractivity contribution in [2.75, 3.05) is 17.3 Å². The van der Waals surface area contributed by atoms with Crippen LogP contribution in [0.15, 0.2) is 72.9 Å². The first-order valence-electron chi connectivity index (χ1n) is 7.91. The van der Waals surface area contributed by atoms with Gasteiger partial charge >= 0.3 is 0 Å². The minimum absolute atomic E-state index is 0.143. The molecule has 0 bridgehead atoms. The van der Waals surface area contributed by atoms with E-state index in [0.717, 1.165) is 22.0 Å². The highest BCUT2D eigenvalue weighted by atomic mass is 35.5. The molecule has 0 spiro atoms. The lowest BCUT2D eigenvalue weighted by molar-refractivity contribution is 0.0988. The molecule has 126 valence electrons. The Kier molecular flexibility index (Phi) is 5.31. The molecule has 1 heterocycles. The van der Waals surface area contributed by atoms with Gasteiger partial charge in [-0.05, 0) is 42.0 Å². The molecule has 0 aliphatic rings. The Balaban J connectivity index is 1.63. The third-order valence-electron chi connectivity index (χ3n) is 3.84. The number of carbonyl (C=O) groups excluding carboxylic acids is 1. The molecule has 2 aromatic carbocycles. The third kappa shape index (κ3) is 4.37. The van der Waals surface area contributed by atoms with Crippen LogP contribution < -0.4 is 10.2 Å². The molecule has 0 radical (unpaired) electrons. The van der Waals surface area contributed by atoms with Crippen LogP contribution in [0.2, 0.25) is 5.02 Å². The monoisotopic (exact) mass is 351 g/mol. The number of nitrogens with zero attached hydrogens (tertiary/aromatic N) is 2. The van der Waals surface area contributed by atoms with Gasteiger partial charge < -0.3 is 10.2 Å². The van der Waals surface area contributed by atoms with E-state index in [2.05, 4.69) is 10.3 Å². The summed E-state index contributed by atoms with van der Waals surface area (Å²) < 4.78 is 0. The van der Waals surface area contributed by atoms with Crippen molar-refractivity contribution in [3.8, 4) is 0 Å². The second-order valence-corrected chi connectivity index (χ2v) is 6.05. The minimum atomic E-state index is -0.143. The van der Waals surface area contributed by atoms with E-state index in [-0.39, 0.29) is 5.91 Å². The van der Waals surface area contributed by atoms with Crippen molar-refractivity contribution in [3.05, 3.63) is 89.2 Å². The first-order valence-corrected chi connectivity index (χ1v) is 8.29. The van der Waals surface area contributed by atoms with E-state index >= 15 is 0 Å². The average molecular weight is 352 g/mol. The van der Waals surface area contributed by atoms with Crippen molar-refractivity contribution >= 4 is 28.9 Å². The van der Waals surface area contributed by atoms with Gasteiger partial charge in [0.15, 0.2) is 0 Å². The summed E-state index contributed by atoms with van der Waals surface area (Å²) in [5.41, 5.74) is 3.21. The minimum Gasteiger partial charge on any atom is -0.380 e. The first-order chi connectivity index (χ1) is 12.1. The molecular formula is C20H18ClN3O. The molecule has 0 atom stereocenters. The average Bonchev–Trinajstić information content (AvgIpc) is 2.67. The number of halogens is 1. The Morgan fingerprint density at radius 2 is 1.76 bits per heavy atom. The van der Waals surface area contributed by atoms with Crippen molar-refractivity contribution in [3.63, 3.8) is 0 Å². The number of anilines is 2. The van der Waals surface area contributed by atoms with Crippen LogP contribution >= 0.6 is 11.6 Å². The van der Waals surface area contributed by atoms with Crippen LogP contribution in [-0.2, 0) is 6.54 Å². The molecule has 1 N–H and O–H groups in total. The Hall–Kier alpha value is -2.85. The van der Waals surface area contributed by atoms with Gasteiger partial charge in [-0.25, -0.2) is 4.98 Å². The van der Waals surface area contributed by atoms with Gasteiger partial charge in [0.1, 0.15) is 5.69 Å². The largest absolute Gasteiger partial charge is 0.380 e. The molecule has 0 fully saturated rings. The summed E-state index contributed by atoms with van der Waals surface area (Å²) in [4.78, 5) is 18.4. The summed E-state index contributed by atoms with van der Waals surface area (Å²) in [5, 5.41) is 4.00. The Morgan fingerprint density at radius 3 is 2.40 bits per heavy atom. The summed E-state index contributed by atoms with van der Waals surface area (Å²) in [7, 11) is 1.74. The van der Waals surface area contributed by atoms with E-state index in [1.54, 1.807) is 24.2 Å². The zero-order valence-electron chi connectivity index (χ0n) is 13.8. The zero-order chi connectivity index (χ0) is 17.6. The van der Waals surface area contributed by atoms with Crippen LogP contribution in [0.1, 0.15) is 16.1 Å². The smallest absolute Gasteiger partial charge is 0.276 e. The predicted octanol–water partition coefficient (Wildman–Crippen LogP) is 4.62. The highest BCUT2D eigenvalue weighted by Gasteiger charge is 2.14. The Bertz CT molecular complexity index is 833. The summed E-state index contributed by atoms with van der Waals surface area (Å²) in [6.45, 7) is 0.663.